The summed E-state index contributed by atoms with van der Waals surface area (Å²) in [6.07, 6.45) is 3.28. The van der Waals surface area contributed by atoms with Gasteiger partial charge in [-0.25, -0.2) is 0 Å². The minimum atomic E-state index is -0.455. The molecule has 0 N–H and O–H groups in total. The van der Waals surface area contributed by atoms with E-state index in [9.17, 15) is 19.7 Å². The number of piperidine rings is 2. The van der Waals surface area contributed by atoms with Crippen molar-refractivity contribution in [2.24, 2.45) is 11.8 Å². The van der Waals surface area contributed by atoms with Gasteiger partial charge in [0.2, 0.25) is 0 Å². The number of Topliss-reactive ketones (excluding diaryl/α,β-unsaturated/α-hetero) is 1. The van der Waals surface area contributed by atoms with E-state index in [1.165, 1.54) is 12.1 Å². The molecule has 32 heavy (non-hydrogen) atoms. The van der Waals surface area contributed by atoms with Gasteiger partial charge in [-0.3, -0.25) is 19.7 Å². The lowest BCUT2D eigenvalue weighted by Crippen LogP contribution is -2.41. The second-order valence-corrected chi connectivity index (χ2v) is 8.92. The highest BCUT2D eigenvalue weighted by molar-refractivity contribution is 6.01. The first-order valence-electron chi connectivity index (χ1n) is 11.4. The van der Waals surface area contributed by atoms with E-state index in [-0.39, 0.29) is 23.3 Å². The number of nitro benzene ring substituents is 1. The Labute approximate surface area is 188 Å². The standard InChI is InChI=1S/C25H29N3O4/c1-18-9-13-26(14-10-18)23-8-7-21(28(31)32)17-22(23)25(30)27-15-11-20(12-16-27)24(29)19-5-3-2-4-6-19/h2-8,17-18,20H,9-16H2,1H3. The number of carbonyl (C=O) groups is 2. The van der Waals surface area contributed by atoms with Gasteiger partial charge in [0.15, 0.2) is 5.78 Å². The van der Waals surface area contributed by atoms with Crippen LogP contribution in [0.4, 0.5) is 11.4 Å². The normalized spacial score (nSPS) is 17.9. The van der Waals surface area contributed by atoms with E-state index in [1.807, 2.05) is 30.3 Å². The number of benzene rings is 2. The van der Waals surface area contributed by atoms with Crippen molar-refractivity contribution in [1.29, 1.82) is 0 Å². The second kappa shape index (κ2) is 9.51. The summed E-state index contributed by atoms with van der Waals surface area (Å²) in [4.78, 5) is 41.0. The molecule has 2 saturated heterocycles. The number of carbonyl (C=O) groups excluding carboxylic acids is 2. The molecule has 0 atom stereocenters. The summed E-state index contributed by atoms with van der Waals surface area (Å²) in [7, 11) is 0. The molecule has 2 aromatic rings. The lowest BCUT2D eigenvalue weighted by molar-refractivity contribution is -0.384. The van der Waals surface area contributed by atoms with E-state index in [0.29, 0.717) is 43.0 Å². The van der Waals surface area contributed by atoms with E-state index >= 15 is 0 Å². The molecule has 0 unspecified atom stereocenters. The highest BCUT2D eigenvalue weighted by atomic mass is 16.6. The van der Waals surface area contributed by atoms with E-state index in [2.05, 4.69) is 11.8 Å². The summed E-state index contributed by atoms with van der Waals surface area (Å²) in [5.41, 5.74) is 1.80. The Balaban J connectivity index is 1.50. The van der Waals surface area contributed by atoms with Crippen LogP contribution in [0.3, 0.4) is 0 Å². The number of nitro groups is 1. The SMILES string of the molecule is CC1CCN(c2ccc([N+](=O)[O-])cc2C(=O)N2CCC(C(=O)c3ccccc3)CC2)CC1. The topological polar surface area (TPSA) is 83.8 Å². The Morgan fingerprint density at radius 1 is 0.938 bits per heavy atom. The van der Waals surface area contributed by atoms with Crippen molar-refractivity contribution in [3.63, 3.8) is 0 Å². The Morgan fingerprint density at radius 2 is 1.59 bits per heavy atom. The van der Waals surface area contributed by atoms with Gasteiger partial charge < -0.3 is 9.80 Å². The molecular formula is C25H29N3O4. The van der Waals surface area contributed by atoms with Gasteiger partial charge >= 0.3 is 0 Å². The largest absolute Gasteiger partial charge is 0.371 e. The van der Waals surface area contributed by atoms with Crippen molar-refractivity contribution in [1.82, 2.24) is 4.90 Å². The van der Waals surface area contributed by atoms with Crippen molar-refractivity contribution in [2.75, 3.05) is 31.1 Å². The van der Waals surface area contributed by atoms with E-state index in [0.717, 1.165) is 31.6 Å². The third kappa shape index (κ3) is 4.66. The first-order valence-corrected chi connectivity index (χ1v) is 11.4. The highest BCUT2D eigenvalue weighted by Crippen LogP contribution is 2.31. The van der Waals surface area contributed by atoms with Crippen molar-refractivity contribution in [3.8, 4) is 0 Å². The maximum Gasteiger partial charge on any atom is 0.270 e. The summed E-state index contributed by atoms with van der Waals surface area (Å²) < 4.78 is 0. The molecule has 4 rings (SSSR count). The van der Waals surface area contributed by atoms with Crippen molar-refractivity contribution in [3.05, 3.63) is 69.8 Å². The fourth-order valence-corrected chi connectivity index (χ4v) is 4.69. The molecule has 2 aliphatic heterocycles. The minimum Gasteiger partial charge on any atom is -0.371 e. The molecule has 0 aliphatic carbocycles. The number of hydrogen-bond donors (Lipinski definition) is 0. The van der Waals surface area contributed by atoms with E-state index < -0.39 is 4.92 Å². The molecule has 7 nitrogen and oxygen atoms in total. The summed E-state index contributed by atoms with van der Waals surface area (Å²) in [6, 6.07) is 13.9. The van der Waals surface area contributed by atoms with Crippen LogP contribution in [0.15, 0.2) is 48.5 Å². The zero-order valence-electron chi connectivity index (χ0n) is 18.4. The van der Waals surface area contributed by atoms with Gasteiger partial charge in [0, 0.05) is 49.8 Å². The molecule has 0 spiro atoms. The van der Waals surface area contributed by atoms with E-state index in [1.54, 1.807) is 11.0 Å². The molecular weight excluding hydrogens is 406 g/mol. The number of anilines is 1. The van der Waals surface area contributed by atoms with Crippen LogP contribution in [0.25, 0.3) is 0 Å². The predicted octanol–water partition coefficient (Wildman–Crippen LogP) is 4.57. The average molecular weight is 436 g/mol. The smallest absolute Gasteiger partial charge is 0.270 e. The molecule has 2 aliphatic rings. The number of ketones is 1. The van der Waals surface area contributed by atoms with Gasteiger partial charge in [-0.05, 0) is 37.7 Å². The van der Waals surface area contributed by atoms with Crippen LogP contribution in [-0.2, 0) is 0 Å². The van der Waals surface area contributed by atoms with Crippen molar-refractivity contribution in [2.45, 2.75) is 32.6 Å². The zero-order valence-corrected chi connectivity index (χ0v) is 18.4. The number of nitrogens with zero attached hydrogens (tertiary/aromatic N) is 3. The third-order valence-electron chi connectivity index (χ3n) is 6.76. The number of amides is 1. The molecule has 0 saturated carbocycles. The van der Waals surface area contributed by atoms with Gasteiger partial charge in [-0.15, -0.1) is 0 Å². The number of hydrogen-bond acceptors (Lipinski definition) is 5. The van der Waals surface area contributed by atoms with E-state index in [4.69, 9.17) is 0 Å². The molecule has 1 amide bonds. The molecule has 7 heteroatoms. The van der Waals surface area contributed by atoms with Gasteiger partial charge in [-0.2, -0.15) is 0 Å². The van der Waals surface area contributed by atoms with Gasteiger partial charge in [0.05, 0.1) is 16.2 Å². The number of likely N-dealkylation sites (tertiary alicyclic amines) is 1. The minimum absolute atomic E-state index is 0.0726. The second-order valence-electron chi connectivity index (χ2n) is 8.92. The maximum atomic E-state index is 13.4. The first-order chi connectivity index (χ1) is 15.4. The van der Waals surface area contributed by atoms with Crippen LogP contribution < -0.4 is 4.90 Å². The van der Waals surface area contributed by atoms with Crippen LogP contribution in [0, 0.1) is 22.0 Å². The lowest BCUT2D eigenvalue weighted by Gasteiger charge is -2.35. The Morgan fingerprint density at radius 3 is 2.22 bits per heavy atom. The maximum absolute atomic E-state index is 13.4. The van der Waals surface area contributed by atoms with Gasteiger partial charge in [0.25, 0.3) is 11.6 Å². The molecule has 2 fully saturated rings. The van der Waals surface area contributed by atoms with Crippen LogP contribution in [0.5, 0.6) is 0 Å². The summed E-state index contributed by atoms with van der Waals surface area (Å²) in [5, 5.41) is 11.4. The zero-order chi connectivity index (χ0) is 22.7. The number of rotatable bonds is 5. The Bertz CT molecular complexity index is 992. The predicted molar refractivity (Wildman–Crippen MR) is 123 cm³/mol. The first kappa shape index (κ1) is 22.0. The summed E-state index contributed by atoms with van der Waals surface area (Å²) in [6.45, 7) is 4.85. The van der Waals surface area contributed by atoms with Gasteiger partial charge in [0.1, 0.15) is 0 Å². The monoisotopic (exact) mass is 435 g/mol. The highest BCUT2D eigenvalue weighted by Gasteiger charge is 2.31. The molecule has 0 aromatic heterocycles. The lowest BCUT2D eigenvalue weighted by atomic mass is 9.88. The average Bonchev–Trinajstić information content (AvgIpc) is 2.84. The molecule has 0 bridgehead atoms. The van der Waals surface area contributed by atoms with Crippen molar-refractivity contribution < 1.29 is 14.5 Å². The third-order valence-corrected chi connectivity index (χ3v) is 6.76. The number of non-ortho nitro benzene ring substituents is 1. The molecule has 2 heterocycles. The molecule has 0 radical (unpaired) electrons. The van der Waals surface area contributed by atoms with Crippen LogP contribution in [-0.4, -0.2) is 47.7 Å². The summed E-state index contributed by atoms with van der Waals surface area (Å²) in [5.74, 6) is 0.475. The van der Waals surface area contributed by atoms with Crippen LogP contribution in [0.1, 0.15) is 53.3 Å². The van der Waals surface area contributed by atoms with Crippen LogP contribution in [0.2, 0.25) is 0 Å². The van der Waals surface area contributed by atoms with Crippen LogP contribution >= 0.6 is 0 Å². The Hall–Kier alpha value is -3.22. The fourth-order valence-electron chi connectivity index (χ4n) is 4.69. The fraction of sp³-hybridized carbons (Fsp3) is 0.440. The summed E-state index contributed by atoms with van der Waals surface area (Å²) >= 11 is 0. The van der Waals surface area contributed by atoms with Crippen molar-refractivity contribution >= 4 is 23.1 Å². The molecule has 2 aromatic carbocycles. The molecule has 168 valence electrons. The van der Waals surface area contributed by atoms with Gasteiger partial charge in [-0.1, -0.05) is 37.3 Å². The quantitative estimate of drug-likeness (QED) is 0.390. The Kier molecular flexibility index (Phi) is 6.53.